The van der Waals surface area contributed by atoms with Crippen molar-refractivity contribution in [2.75, 3.05) is 7.11 Å². The van der Waals surface area contributed by atoms with Crippen LogP contribution >= 0.6 is 11.3 Å². The number of nitrogens with zero attached hydrogens (tertiary/aromatic N) is 1. The fourth-order valence-corrected chi connectivity index (χ4v) is 4.21. The highest BCUT2D eigenvalue weighted by molar-refractivity contribution is 7.10. The van der Waals surface area contributed by atoms with Crippen LogP contribution in [0.25, 0.3) is 0 Å². The number of thiophene rings is 1. The Morgan fingerprint density at radius 2 is 1.77 bits per heavy atom. The van der Waals surface area contributed by atoms with Gasteiger partial charge < -0.3 is 10.1 Å². The smallest absolute Gasteiger partial charge is 0.261 e. The SMILES string of the molecule is COc1ccc(CN2C(=O)c3ccccc3C2=O)cc1C(=O)NC(C)c1cccs1. The van der Waals surface area contributed by atoms with E-state index >= 15 is 0 Å². The normalized spacial score (nSPS) is 13.9. The fourth-order valence-electron chi connectivity index (χ4n) is 3.48. The summed E-state index contributed by atoms with van der Waals surface area (Å²) in [6.45, 7) is 2.00. The van der Waals surface area contributed by atoms with Gasteiger partial charge in [-0.25, -0.2) is 0 Å². The minimum absolute atomic E-state index is 0.0805. The van der Waals surface area contributed by atoms with Crippen LogP contribution in [0.4, 0.5) is 0 Å². The minimum atomic E-state index is -0.330. The van der Waals surface area contributed by atoms with E-state index in [1.807, 2.05) is 24.4 Å². The molecule has 0 radical (unpaired) electrons. The maximum Gasteiger partial charge on any atom is 0.261 e. The molecule has 0 saturated carbocycles. The molecule has 1 aliphatic heterocycles. The van der Waals surface area contributed by atoms with Gasteiger partial charge in [-0.05, 0) is 48.2 Å². The molecule has 0 spiro atoms. The molecule has 0 saturated heterocycles. The second-order valence-corrected chi connectivity index (χ2v) is 7.97. The van der Waals surface area contributed by atoms with Crippen LogP contribution in [0.3, 0.4) is 0 Å². The fraction of sp³-hybridized carbons (Fsp3) is 0.174. The van der Waals surface area contributed by atoms with Crippen LogP contribution in [0.2, 0.25) is 0 Å². The van der Waals surface area contributed by atoms with E-state index in [1.54, 1.807) is 53.8 Å². The molecule has 7 heteroatoms. The number of nitrogens with one attached hydrogen (secondary N) is 1. The summed E-state index contributed by atoms with van der Waals surface area (Å²) in [6, 6.07) is 15.6. The third kappa shape index (κ3) is 3.59. The molecular formula is C23H20N2O4S. The standard InChI is InChI=1S/C23H20N2O4S/c1-14(20-8-5-11-30-20)24-21(26)18-12-15(9-10-19(18)29-2)13-25-22(27)16-6-3-4-7-17(16)23(25)28/h3-12,14H,13H2,1-2H3,(H,24,26). The van der Waals surface area contributed by atoms with Crippen LogP contribution in [-0.2, 0) is 6.54 Å². The van der Waals surface area contributed by atoms with Crippen molar-refractivity contribution in [2.45, 2.75) is 19.5 Å². The Bertz CT molecular complexity index is 1090. The van der Waals surface area contributed by atoms with Gasteiger partial charge >= 0.3 is 0 Å². The lowest BCUT2D eigenvalue weighted by Gasteiger charge is -2.17. The Balaban J connectivity index is 1.57. The number of hydrogen-bond acceptors (Lipinski definition) is 5. The first-order valence-corrected chi connectivity index (χ1v) is 10.3. The third-order valence-electron chi connectivity index (χ3n) is 5.04. The second kappa shape index (κ2) is 8.12. The molecule has 152 valence electrons. The number of methoxy groups -OCH3 is 1. The van der Waals surface area contributed by atoms with Gasteiger partial charge in [0.1, 0.15) is 5.75 Å². The molecule has 0 bridgehead atoms. The summed E-state index contributed by atoms with van der Waals surface area (Å²) in [5, 5.41) is 4.93. The molecule has 3 amide bonds. The minimum Gasteiger partial charge on any atom is -0.496 e. The van der Waals surface area contributed by atoms with Crippen molar-refractivity contribution < 1.29 is 19.1 Å². The molecule has 1 atom stereocenters. The summed E-state index contributed by atoms with van der Waals surface area (Å²) >= 11 is 1.57. The molecule has 1 N–H and O–H groups in total. The van der Waals surface area contributed by atoms with Crippen molar-refractivity contribution in [3.63, 3.8) is 0 Å². The second-order valence-electron chi connectivity index (χ2n) is 6.99. The number of imide groups is 1. The number of amides is 3. The van der Waals surface area contributed by atoms with E-state index in [4.69, 9.17) is 4.74 Å². The number of ether oxygens (including phenoxy) is 1. The number of carbonyl (C=O) groups excluding carboxylic acids is 3. The van der Waals surface area contributed by atoms with E-state index in [-0.39, 0.29) is 30.3 Å². The van der Waals surface area contributed by atoms with Crippen molar-refractivity contribution in [1.82, 2.24) is 10.2 Å². The van der Waals surface area contributed by atoms with E-state index in [0.717, 1.165) is 4.88 Å². The zero-order chi connectivity index (χ0) is 21.3. The largest absolute Gasteiger partial charge is 0.496 e. The first-order valence-electron chi connectivity index (χ1n) is 9.46. The van der Waals surface area contributed by atoms with Crippen molar-refractivity contribution >= 4 is 29.1 Å². The summed E-state index contributed by atoms with van der Waals surface area (Å²) < 4.78 is 5.35. The van der Waals surface area contributed by atoms with E-state index < -0.39 is 0 Å². The van der Waals surface area contributed by atoms with Gasteiger partial charge in [0.25, 0.3) is 17.7 Å². The van der Waals surface area contributed by atoms with Crippen molar-refractivity contribution in [2.24, 2.45) is 0 Å². The van der Waals surface area contributed by atoms with Crippen molar-refractivity contribution in [1.29, 1.82) is 0 Å². The lowest BCUT2D eigenvalue weighted by atomic mass is 10.1. The Kier molecular flexibility index (Phi) is 5.37. The van der Waals surface area contributed by atoms with Crippen molar-refractivity contribution in [3.8, 4) is 5.75 Å². The molecule has 2 heterocycles. The van der Waals surface area contributed by atoms with Gasteiger partial charge in [-0.15, -0.1) is 11.3 Å². The van der Waals surface area contributed by atoms with Crippen LogP contribution < -0.4 is 10.1 Å². The van der Waals surface area contributed by atoms with Crippen molar-refractivity contribution in [3.05, 3.63) is 87.1 Å². The van der Waals surface area contributed by atoms with E-state index in [0.29, 0.717) is 28.0 Å². The van der Waals surface area contributed by atoms with E-state index in [9.17, 15) is 14.4 Å². The molecule has 1 unspecified atom stereocenters. The lowest BCUT2D eigenvalue weighted by molar-refractivity contribution is 0.0642. The van der Waals surface area contributed by atoms with Gasteiger partial charge in [-0.1, -0.05) is 24.3 Å². The van der Waals surface area contributed by atoms with Crippen LogP contribution in [0, 0.1) is 0 Å². The van der Waals surface area contributed by atoms with Crippen LogP contribution in [0.5, 0.6) is 5.75 Å². The molecule has 0 fully saturated rings. The molecule has 1 aliphatic rings. The number of rotatable bonds is 6. The molecule has 2 aromatic carbocycles. The number of carbonyl (C=O) groups is 3. The highest BCUT2D eigenvalue weighted by Gasteiger charge is 2.35. The summed E-state index contributed by atoms with van der Waals surface area (Å²) in [5.74, 6) is -0.513. The molecular weight excluding hydrogens is 400 g/mol. The van der Waals surface area contributed by atoms with Gasteiger partial charge in [0, 0.05) is 4.88 Å². The number of fused-ring (bicyclic) bond motifs is 1. The maximum absolute atomic E-state index is 12.9. The predicted molar refractivity (Wildman–Crippen MR) is 114 cm³/mol. The first-order chi connectivity index (χ1) is 14.5. The zero-order valence-corrected chi connectivity index (χ0v) is 17.4. The third-order valence-corrected chi connectivity index (χ3v) is 6.10. The van der Waals surface area contributed by atoms with E-state index in [1.165, 1.54) is 12.0 Å². The highest BCUT2D eigenvalue weighted by Crippen LogP contribution is 2.27. The Labute approximate surface area is 178 Å². The quantitative estimate of drug-likeness (QED) is 0.611. The molecule has 30 heavy (non-hydrogen) atoms. The Morgan fingerprint density at radius 1 is 1.07 bits per heavy atom. The van der Waals surface area contributed by atoms with Gasteiger partial charge in [0.05, 0.1) is 36.4 Å². The average molecular weight is 420 g/mol. The monoisotopic (exact) mass is 420 g/mol. The average Bonchev–Trinajstić information content (AvgIpc) is 3.38. The number of hydrogen-bond donors (Lipinski definition) is 1. The summed E-state index contributed by atoms with van der Waals surface area (Å²) in [5.41, 5.74) is 1.83. The zero-order valence-electron chi connectivity index (χ0n) is 16.5. The van der Waals surface area contributed by atoms with Crippen LogP contribution in [0.1, 0.15) is 54.5 Å². The van der Waals surface area contributed by atoms with Crippen LogP contribution in [0.15, 0.2) is 60.0 Å². The van der Waals surface area contributed by atoms with E-state index in [2.05, 4.69) is 5.32 Å². The molecule has 3 aromatic rings. The topological polar surface area (TPSA) is 75.7 Å². The summed E-state index contributed by atoms with van der Waals surface area (Å²) in [7, 11) is 1.50. The van der Waals surface area contributed by atoms with Gasteiger partial charge in [-0.3, -0.25) is 19.3 Å². The summed E-state index contributed by atoms with van der Waals surface area (Å²) in [4.78, 5) is 40.4. The summed E-state index contributed by atoms with van der Waals surface area (Å²) in [6.07, 6.45) is 0. The van der Waals surface area contributed by atoms with Gasteiger partial charge in [0.15, 0.2) is 0 Å². The molecule has 4 rings (SSSR count). The van der Waals surface area contributed by atoms with Crippen LogP contribution in [-0.4, -0.2) is 29.7 Å². The Morgan fingerprint density at radius 3 is 2.37 bits per heavy atom. The molecule has 6 nitrogen and oxygen atoms in total. The highest BCUT2D eigenvalue weighted by atomic mass is 32.1. The number of benzene rings is 2. The predicted octanol–water partition coefficient (Wildman–Crippen LogP) is 4.04. The van der Waals surface area contributed by atoms with Gasteiger partial charge in [-0.2, -0.15) is 0 Å². The lowest BCUT2D eigenvalue weighted by Crippen LogP contribution is -2.30. The van der Waals surface area contributed by atoms with Gasteiger partial charge in [0.2, 0.25) is 0 Å². The Hall–Kier alpha value is -3.45. The molecule has 0 aliphatic carbocycles. The first kappa shape index (κ1) is 19.8. The molecule has 1 aromatic heterocycles. The maximum atomic E-state index is 12.9.